The summed E-state index contributed by atoms with van der Waals surface area (Å²) in [4.78, 5) is 25.9. The summed E-state index contributed by atoms with van der Waals surface area (Å²) in [6.45, 7) is 8.36. The molecule has 3 N–H and O–H groups in total. The van der Waals surface area contributed by atoms with Crippen LogP contribution in [-0.2, 0) is 23.8 Å². The molecule has 2 unspecified atom stereocenters. The molecule has 1 aliphatic heterocycles. The normalized spacial score (nSPS) is 17.5. The van der Waals surface area contributed by atoms with Crippen molar-refractivity contribution in [3.05, 3.63) is 23.8 Å². The lowest BCUT2D eigenvalue weighted by atomic mass is 10.00. The zero-order valence-corrected chi connectivity index (χ0v) is 23.1. The Kier molecular flexibility index (Phi) is 15.9. The number of carbonyl (C=O) groups is 2. The van der Waals surface area contributed by atoms with E-state index in [0.717, 1.165) is 25.7 Å². The fraction of sp³-hybridized carbons (Fsp3) is 0.654. The number of rotatable bonds is 17. The molecule has 0 amide bonds. The Morgan fingerprint density at radius 3 is 2.24 bits per heavy atom. The van der Waals surface area contributed by atoms with Crippen molar-refractivity contribution < 1.29 is 43.9 Å². The lowest BCUT2D eigenvalue weighted by Crippen LogP contribution is -2.33. The van der Waals surface area contributed by atoms with Gasteiger partial charge in [0.15, 0.2) is 5.54 Å². The predicted molar refractivity (Wildman–Crippen MR) is 143 cm³/mol. The van der Waals surface area contributed by atoms with E-state index >= 15 is 0 Å². The Labute approximate surface area is 223 Å². The standard InChI is InChI=1S/C18H25NO7S.C8H16O2/c1-18(17(21)22)12-27-16(19-18)14-4-3-13(11-15(14)20)26-10-9-25-8-7-24-6-5-23-2;1-3-5-6-7(4-2)8(9)10/h3-4,11,20H,5-10,12H2,1-2H3,(H,21,22);7H,3-6H2,1-2H3,(H,9,10). The van der Waals surface area contributed by atoms with Crippen molar-refractivity contribution in [1.29, 1.82) is 0 Å². The van der Waals surface area contributed by atoms with Gasteiger partial charge in [-0.05, 0) is 31.9 Å². The molecule has 37 heavy (non-hydrogen) atoms. The number of carboxylic acids is 2. The van der Waals surface area contributed by atoms with Gasteiger partial charge < -0.3 is 34.3 Å². The van der Waals surface area contributed by atoms with Gasteiger partial charge in [0.25, 0.3) is 0 Å². The van der Waals surface area contributed by atoms with Crippen LogP contribution in [0.2, 0.25) is 0 Å². The molecule has 1 aromatic carbocycles. The molecule has 10 nitrogen and oxygen atoms in total. The third kappa shape index (κ3) is 12.2. The fourth-order valence-corrected chi connectivity index (χ4v) is 4.36. The summed E-state index contributed by atoms with van der Waals surface area (Å²) < 4.78 is 21.1. The van der Waals surface area contributed by atoms with Crippen molar-refractivity contribution in [2.75, 3.05) is 52.5 Å². The molecule has 0 aromatic heterocycles. The summed E-state index contributed by atoms with van der Waals surface area (Å²) >= 11 is 1.31. The number of hydrogen-bond acceptors (Lipinski definition) is 9. The van der Waals surface area contributed by atoms with Crippen LogP contribution in [0, 0.1) is 5.92 Å². The van der Waals surface area contributed by atoms with Gasteiger partial charge in [0, 0.05) is 24.5 Å². The van der Waals surface area contributed by atoms with E-state index in [9.17, 15) is 19.8 Å². The maximum Gasteiger partial charge on any atom is 0.332 e. The number of unbranched alkanes of at least 4 members (excludes halogenated alkanes) is 1. The van der Waals surface area contributed by atoms with Crippen LogP contribution in [0.15, 0.2) is 23.2 Å². The molecule has 0 fully saturated rings. The molecule has 0 saturated carbocycles. The Balaban J connectivity index is 0.000000580. The number of phenolic OH excluding ortho intramolecular Hbond substituents is 1. The van der Waals surface area contributed by atoms with Crippen LogP contribution >= 0.6 is 11.8 Å². The molecule has 11 heteroatoms. The van der Waals surface area contributed by atoms with E-state index in [0.29, 0.717) is 61.8 Å². The average molecular weight is 544 g/mol. The molecule has 0 aliphatic carbocycles. The Bertz CT molecular complexity index is 864. The van der Waals surface area contributed by atoms with Crippen molar-refractivity contribution in [2.45, 2.75) is 52.0 Å². The van der Waals surface area contributed by atoms with Gasteiger partial charge in [0.05, 0.1) is 39.0 Å². The average Bonchev–Trinajstić information content (AvgIpc) is 3.27. The first-order chi connectivity index (χ1) is 17.7. The maximum absolute atomic E-state index is 11.3. The van der Waals surface area contributed by atoms with Crippen molar-refractivity contribution in [1.82, 2.24) is 0 Å². The summed E-state index contributed by atoms with van der Waals surface area (Å²) in [6.07, 6.45) is 3.71. The molecule has 2 atom stereocenters. The van der Waals surface area contributed by atoms with Crippen LogP contribution in [0.5, 0.6) is 11.5 Å². The lowest BCUT2D eigenvalue weighted by Gasteiger charge is -2.12. The molecular formula is C26H41NO9S. The van der Waals surface area contributed by atoms with Crippen molar-refractivity contribution in [2.24, 2.45) is 10.9 Å². The SMILES string of the molecule is CCCCC(CC)C(=O)O.COCCOCCOCCOc1ccc(C2=NC(C)(C(=O)O)CS2)c(O)c1. The number of nitrogens with zero attached hydrogens (tertiary/aromatic N) is 1. The first-order valence-corrected chi connectivity index (χ1v) is 13.5. The first-order valence-electron chi connectivity index (χ1n) is 12.5. The van der Waals surface area contributed by atoms with E-state index in [1.54, 1.807) is 26.2 Å². The lowest BCUT2D eigenvalue weighted by molar-refractivity contribution is -0.142. The first kappa shape index (κ1) is 32.7. The molecule has 1 heterocycles. The van der Waals surface area contributed by atoms with Crippen molar-refractivity contribution in [3.63, 3.8) is 0 Å². The molecule has 0 bridgehead atoms. The number of ether oxygens (including phenoxy) is 4. The van der Waals surface area contributed by atoms with Gasteiger partial charge >= 0.3 is 11.9 Å². The van der Waals surface area contributed by atoms with E-state index in [1.165, 1.54) is 17.8 Å². The quantitative estimate of drug-likeness (QED) is 0.246. The number of methoxy groups -OCH3 is 1. The van der Waals surface area contributed by atoms with E-state index in [4.69, 9.17) is 24.1 Å². The zero-order chi connectivity index (χ0) is 27.7. The highest BCUT2D eigenvalue weighted by molar-refractivity contribution is 8.14. The van der Waals surface area contributed by atoms with Gasteiger partial charge in [-0.3, -0.25) is 9.79 Å². The monoisotopic (exact) mass is 543 g/mol. The summed E-state index contributed by atoms with van der Waals surface area (Å²) in [7, 11) is 1.62. The van der Waals surface area contributed by atoms with Gasteiger partial charge in [-0.2, -0.15) is 0 Å². The highest BCUT2D eigenvalue weighted by atomic mass is 32.2. The fourth-order valence-electron chi connectivity index (χ4n) is 3.16. The van der Waals surface area contributed by atoms with Crippen LogP contribution in [0.25, 0.3) is 0 Å². The predicted octanol–water partition coefficient (Wildman–Crippen LogP) is 4.07. The number of aromatic hydroxyl groups is 1. The summed E-state index contributed by atoms with van der Waals surface area (Å²) in [6, 6.07) is 4.87. The second-order valence-corrected chi connectivity index (χ2v) is 9.58. The third-order valence-electron chi connectivity index (χ3n) is 5.55. The number of carboxylic acid groups (broad SMARTS) is 2. The molecule has 1 aromatic rings. The second kappa shape index (κ2) is 18.0. The van der Waals surface area contributed by atoms with Crippen LogP contribution in [0.4, 0.5) is 0 Å². The van der Waals surface area contributed by atoms with Crippen LogP contribution in [0.3, 0.4) is 0 Å². The number of phenols is 1. The minimum Gasteiger partial charge on any atom is -0.507 e. The number of hydrogen-bond donors (Lipinski definition) is 3. The van der Waals surface area contributed by atoms with E-state index in [-0.39, 0.29) is 11.7 Å². The Hall–Kier alpha value is -2.34. The minimum atomic E-state index is -1.16. The van der Waals surface area contributed by atoms with Gasteiger partial charge in [-0.25, -0.2) is 4.79 Å². The largest absolute Gasteiger partial charge is 0.507 e. The topological polar surface area (TPSA) is 144 Å². The van der Waals surface area contributed by atoms with Gasteiger partial charge in [-0.1, -0.05) is 26.7 Å². The molecule has 2 rings (SSSR count). The van der Waals surface area contributed by atoms with Crippen LogP contribution in [0.1, 0.15) is 52.0 Å². The van der Waals surface area contributed by atoms with Crippen molar-refractivity contribution in [3.8, 4) is 11.5 Å². The highest BCUT2D eigenvalue weighted by Crippen LogP contribution is 2.35. The molecule has 0 radical (unpaired) electrons. The number of benzene rings is 1. The smallest absolute Gasteiger partial charge is 0.332 e. The summed E-state index contributed by atoms with van der Waals surface area (Å²) in [5.74, 6) is -0.895. The highest BCUT2D eigenvalue weighted by Gasteiger charge is 2.39. The molecule has 210 valence electrons. The number of aliphatic imine (C=N–C) groups is 1. The van der Waals surface area contributed by atoms with Gasteiger partial charge in [0.1, 0.15) is 23.1 Å². The van der Waals surface area contributed by atoms with Gasteiger partial charge in [-0.15, -0.1) is 11.8 Å². The second-order valence-electron chi connectivity index (χ2n) is 8.62. The molecular weight excluding hydrogens is 502 g/mol. The Morgan fingerprint density at radius 2 is 1.73 bits per heavy atom. The molecule has 0 spiro atoms. The summed E-state index contributed by atoms with van der Waals surface area (Å²) in [5, 5.41) is 28.6. The number of thioether (sulfide) groups is 1. The maximum atomic E-state index is 11.3. The van der Waals surface area contributed by atoms with E-state index in [1.807, 2.05) is 6.92 Å². The Morgan fingerprint density at radius 1 is 1.08 bits per heavy atom. The van der Waals surface area contributed by atoms with E-state index < -0.39 is 17.5 Å². The number of aliphatic carboxylic acids is 2. The van der Waals surface area contributed by atoms with Gasteiger partial charge in [0.2, 0.25) is 0 Å². The zero-order valence-electron chi connectivity index (χ0n) is 22.2. The van der Waals surface area contributed by atoms with Crippen LogP contribution in [-0.4, -0.2) is 90.3 Å². The molecule has 0 saturated heterocycles. The van der Waals surface area contributed by atoms with E-state index in [2.05, 4.69) is 11.9 Å². The minimum absolute atomic E-state index is 0.000787. The third-order valence-corrected chi connectivity index (χ3v) is 6.84. The van der Waals surface area contributed by atoms with Crippen molar-refractivity contribution >= 4 is 28.7 Å². The molecule has 1 aliphatic rings. The van der Waals surface area contributed by atoms with Crippen LogP contribution < -0.4 is 4.74 Å². The summed E-state index contributed by atoms with van der Waals surface area (Å²) in [5.41, 5.74) is -0.659.